The van der Waals surface area contributed by atoms with Crippen LogP contribution in [-0.2, 0) is 4.74 Å². The third-order valence-electron chi connectivity index (χ3n) is 7.04. The van der Waals surface area contributed by atoms with Crippen molar-refractivity contribution in [3.63, 3.8) is 0 Å². The molecule has 2 heterocycles. The molecule has 1 aliphatic carbocycles. The van der Waals surface area contributed by atoms with Crippen molar-refractivity contribution in [3.05, 3.63) is 66.4 Å². The molecule has 1 saturated carbocycles. The molecule has 1 aliphatic rings. The van der Waals surface area contributed by atoms with Gasteiger partial charge < -0.3 is 9.72 Å². The van der Waals surface area contributed by atoms with Crippen LogP contribution in [0.1, 0.15) is 50.4 Å². The van der Waals surface area contributed by atoms with Crippen molar-refractivity contribution in [2.24, 2.45) is 17.8 Å². The van der Waals surface area contributed by atoms with Crippen LogP contribution in [0.5, 0.6) is 0 Å². The van der Waals surface area contributed by atoms with Gasteiger partial charge in [-0.15, -0.1) is 0 Å². The van der Waals surface area contributed by atoms with E-state index < -0.39 is 0 Å². The average Bonchev–Trinajstić information content (AvgIpc) is 3.18. The van der Waals surface area contributed by atoms with Crippen molar-refractivity contribution in [3.8, 4) is 11.3 Å². The van der Waals surface area contributed by atoms with Crippen molar-refractivity contribution in [2.45, 2.75) is 46.1 Å². The summed E-state index contributed by atoms with van der Waals surface area (Å²) in [5.41, 5.74) is 4.57. The van der Waals surface area contributed by atoms with Gasteiger partial charge in [-0.3, -0.25) is 4.98 Å². The summed E-state index contributed by atoms with van der Waals surface area (Å²) in [5.74, 6) is 1.34. The molecule has 5 rings (SSSR count). The van der Waals surface area contributed by atoms with Crippen LogP contribution in [-0.4, -0.2) is 22.0 Å². The summed E-state index contributed by atoms with van der Waals surface area (Å²) in [4.78, 5) is 21.1. The Morgan fingerprint density at radius 3 is 2.59 bits per heavy atom. The Labute approximate surface area is 189 Å². The second kappa shape index (κ2) is 8.42. The lowest BCUT2D eigenvalue weighted by molar-refractivity contribution is -0.0174. The number of para-hydroxylation sites is 1. The Morgan fingerprint density at radius 1 is 1.03 bits per heavy atom. The van der Waals surface area contributed by atoms with E-state index in [-0.39, 0.29) is 12.1 Å². The number of nitrogens with one attached hydrogen (secondary N) is 1. The molecule has 0 aliphatic heterocycles. The van der Waals surface area contributed by atoms with Gasteiger partial charge in [0.2, 0.25) is 0 Å². The van der Waals surface area contributed by atoms with E-state index in [4.69, 9.17) is 4.74 Å². The standard InChI is InChI=1S/C28H30N2O2/c1-17(2)21-13-8-18(3)16-25(21)32-28(31)20-11-9-19(10-12-20)26-27-23(14-15-29-26)22-6-4-5-7-24(22)30-27/h4-7,9-12,14-15,17-18,21,25,30H,8,13,16H2,1-3H3/t18-,21+,25-/m0/s1. The SMILES string of the molecule is CC(C)[C@H]1CC[C@H](C)C[C@@H]1OC(=O)c1ccc(-c2nccc3c2[nH]c2ccccc23)cc1. The van der Waals surface area contributed by atoms with Gasteiger partial charge in [0.15, 0.2) is 0 Å². The zero-order valence-electron chi connectivity index (χ0n) is 19.0. The molecule has 0 unspecified atom stereocenters. The molecule has 0 bridgehead atoms. The highest BCUT2D eigenvalue weighted by Crippen LogP contribution is 2.36. The monoisotopic (exact) mass is 426 g/mol. The fourth-order valence-corrected chi connectivity index (χ4v) is 5.21. The summed E-state index contributed by atoms with van der Waals surface area (Å²) in [6.45, 7) is 6.71. The smallest absolute Gasteiger partial charge is 0.338 e. The second-order valence-electron chi connectivity index (χ2n) is 9.60. The minimum Gasteiger partial charge on any atom is -0.458 e. The van der Waals surface area contributed by atoms with Crippen LogP contribution in [0.25, 0.3) is 33.1 Å². The van der Waals surface area contributed by atoms with E-state index in [2.05, 4.69) is 42.9 Å². The Balaban J connectivity index is 1.40. The zero-order valence-corrected chi connectivity index (χ0v) is 19.0. The number of H-pyrrole nitrogens is 1. The van der Waals surface area contributed by atoms with Gasteiger partial charge >= 0.3 is 5.97 Å². The summed E-state index contributed by atoms with van der Waals surface area (Å²) in [6, 6.07) is 18.0. The highest BCUT2D eigenvalue weighted by Gasteiger charge is 2.33. The van der Waals surface area contributed by atoms with Crippen molar-refractivity contribution in [1.29, 1.82) is 0 Å². The number of fused-ring (bicyclic) bond motifs is 3. The van der Waals surface area contributed by atoms with Gasteiger partial charge in [-0.25, -0.2) is 4.79 Å². The van der Waals surface area contributed by atoms with E-state index in [0.717, 1.165) is 40.5 Å². The second-order valence-corrected chi connectivity index (χ2v) is 9.60. The maximum atomic E-state index is 12.9. The normalized spacial score (nSPS) is 21.3. The van der Waals surface area contributed by atoms with E-state index in [1.165, 1.54) is 11.8 Å². The van der Waals surface area contributed by atoms with Crippen molar-refractivity contribution in [1.82, 2.24) is 9.97 Å². The van der Waals surface area contributed by atoms with Crippen LogP contribution in [0.2, 0.25) is 0 Å². The molecule has 0 spiro atoms. The molecule has 4 nitrogen and oxygen atoms in total. The van der Waals surface area contributed by atoms with Crippen LogP contribution in [0, 0.1) is 17.8 Å². The number of aromatic amines is 1. The van der Waals surface area contributed by atoms with Crippen LogP contribution < -0.4 is 0 Å². The lowest BCUT2D eigenvalue weighted by atomic mass is 9.75. The summed E-state index contributed by atoms with van der Waals surface area (Å²) >= 11 is 0. The Morgan fingerprint density at radius 2 is 1.81 bits per heavy atom. The predicted molar refractivity (Wildman–Crippen MR) is 130 cm³/mol. The molecule has 2 aromatic carbocycles. The number of hydrogen-bond acceptors (Lipinski definition) is 3. The molecule has 4 heteroatoms. The van der Waals surface area contributed by atoms with E-state index in [0.29, 0.717) is 23.3 Å². The molecular weight excluding hydrogens is 396 g/mol. The van der Waals surface area contributed by atoms with Gasteiger partial charge in [0.1, 0.15) is 6.10 Å². The number of aromatic nitrogens is 2. The zero-order chi connectivity index (χ0) is 22.2. The molecule has 1 N–H and O–H groups in total. The molecule has 0 saturated heterocycles. The number of pyridine rings is 1. The van der Waals surface area contributed by atoms with E-state index in [1.807, 2.05) is 48.7 Å². The first-order valence-electron chi connectivity index (χ1n) is 11.7. The van der Waals surface area contributed by atoms with E-state index in [9.17, 15) is 4.79 Å². The lowest BCUT2D eigenvalue weighted by Crippen LogP contribution is -2.35. The van der Waals surface area contributed by atoms with E-state index >= 15 is 0 Å². The first-order chi connectivity index (χ1) is 15.5. The van der Waals surface area contributed by atoms with E-state index in [1.54, 1.807) is 0 Å². The fourth-order valence-electron chi connectivity index (χ4n) is 5.21. The molecule has 2 aromatic heterocycles. The summed E-state index contributed by atoms with van der Waals surface area (Å²) in [7, 11) is 0. The number of carbonyl (C=O) groups excluding carboxylic acids is 1. The van der Waals surface area contributed by atoms with Crippen LogP contribution in [0.15, 0.2) is 60.8 Å². The minimum absolute atomic E-state index is 0.00712. The highest BCUT2D eigenvalue weighted by molar-refractivity contribution is 6.10. The lowest BCUT2D eigenvalue weighted by Gasteiger charge is -2.36. The number of esters is 1. The molecule has 32 heavy (non-hydrogen) atoms. The Bertz CT molecular complexity index is 1260. The van der Waals surface area contributed by atoms with Gasteiger partial charge in [-0.05, 0) is 54.9 Å². The maximum Gasteiger partial charge on any atom is 0.338 e. The first kappa shape index (κ1) is 20.7. The molecule has 4 aromatic rings. The molecule has 164 valence electrons. The number of rotatable bonds is 4. The number of nitrogens with zero attached hydrogens (tertiary/aromatic N) is 1. The third kappa shape index (κ3) is 3.79. The maximum absolute atomic E-state index is 12.9. The van der Waals surface area contributed by atoms with Gasteiger partial charge in [0.05, 0.1) is 16.8 Å². The van der Waals surface area contributed by atoms with Crippen molar-refractivity contribution < 1.29 is 9.53 Å². The average molecular weight is 427 g/mol. The molecule has 0 amide bonds. The third-order valence-corrected chi connectivity index (χ3v) is 7.04. The Hall–Kier alpha value is -3.14. The Kier molecular flexibility index (Phi) is 5.46. The minimum atomic E-state index is -0.224. The van der Waals surface area contributed by atoms with Gasteiger partial charge in [-0.1, -0.05) is 57.5 Å². The molecule has 0 radical (unpaired) electrons. The largest absolute Gasteiger partial charge is 0.458 e. The van der Waals surface area contributed by atoms with Crippen molar-refractivity contribution in [2.75, 3.05) is 0 Å². The number of carbonyl (C=O) groups is 1. The highest BCUT2D eigenvalue weighted by atomic mass is 16.5. The fraction of sp³-hybridized carbons (Fsp3) is 0.357. The van der Waals surface area contributed by atoms with Crippen LogP contribution in [0.3, 0.4) is 0 Å². The molecular formula is C28H30N2O2. The summed E-state index contributed by atoms with van der Waals surface area (Å²) in [6.07, 6.45) is 5.16. The molecule has 3 atom stereocenters. The van der Waals surface area contributed by atoms with Gasteiger partial charge in [0, 0.05) is 28.0 Å². The number of hydrogen-bond donors (Lipinski definition) is 1. The first-order valence-corrected chi connectivity index (χ1v) is 11.7. The van der Waals surface area contributed by atoms with Crippen molar-refractivity contribution >= 4 is 27.8 Å². The van der Waals surface area contributed by atoms with Crippen LogP contribution >= 0.6 is 0 Å². The predicted octanol–water partition coefficient (Wildman–Crippen LogP) is 7.00. The van der Waals surface area contributed by atoms with Gasteiger partial charge in [0.25, 0.3) is 0 Å². The van der Waals surface area contributed by atoms with Gasteiger partial charge in [-0.2, -0.15) is 0 Å². The molecule has 1 fully saturated rings. The number of benzene rings is 2. The summed E-state index contributed by atoms with van der Waals surface area (Å²) < 4.78 is 6.02. The summed E-state index contributed by atoms with van der Waals surface area (Å²) in [5, 5.41) is 2.34. The topological polar surface area (TPSA) is 55.0 Å². The quantitative estimate of drug-likeness (QED) is 0.357. The number of ether oxygens (including phenoxy) is 1. The van der Waals surface area contributed by atoms with Crippen LogP contribution in [0.4, 0.5) is 0 Å².